The van der Waals surface area contributed by atoms with Gasteiger partial charge in [-0.25, -0.2) is 9.97 Å². The first-order chi connectivity index (χ1) is 8.56. The van der Waals surface area contributed by atoms with Crippen LogP contribution in [0, 0.1) is 0 Å². The summed E-state index contributed by atoms with van der Waals surface area (Å²) in [6.45, 7) is 0. The number of nitrogens with zero attached hydrogens (tertiary/aromatic N) is 2. The van der Waals surface area contributed by atoms with Gasteiger partial charge in [0, 0.05) is 13.4 Å². The second kappa shape index (κ2) is 4.43. The fourth-order valence-electron chi connectivity index (χ4n) is 1.75. The number of fused-ring (bicyclic) bond motifs is 2. The standard InChI is InChI=1S/C12H6Br3N3/c13-5-1-2-8-9(3-5)18-11-7(15)4-6(14)10(16)12(11)17-8/h1-4H,16H2. The van der Waals surface area contributed by atoms with Crippen LogP contribution < -0.4 is 5.73 Å². The van der Waals surface area contributed by atoms with Gasteiger partial charge in [-0.1, -0.05) is 15.9 Å². The third-order valence-corrected chi connectivity index (χ3v) is 4.37. The fourth-order valence-corrected chi connectivity index (χ4v) is 3.33. The van der Waals surface area contributed by atoms with Gasteiger partial charge in [0.05, 0.1) is 16.7 Å². The van der Waals surface area contributed by atoms with E-state index in [9.17, 15) is 0 Å². The van der Waals surface area contributed by atoms with E-state index < -0.39 is 0 Å². The second-order valence-electron chi connectivity index (χ2n) is 3.81. The first-order valence-corrected chi connectivity index (χ1v) is 7.44. The number of benzene rings is 2. The molecule has 0 unspecified atom stereocenters. The Morgan fingerprint density at radius 2 is 1.56 bits per heavy atom. The SMILES string of the molecule is Nc1c(Br)cc(Br)c2nc3cc(Br)ccc3nc12. The summed E-state index contributed by atoms with van der Waals surface area (Å²) in [5, 5.41) is 0. The van der Waals surface area contributed by atoms with Crippen molar-refractivity contribution in [3.05, 3.63) is 37.7 Å². The molecule has 2 N–H and O–H groups in total. The lowest BCUT2D eigenvalue weighted by molar-refractivity contribution is 1.38. The van der Waals surface area contributed by atoms with Crippen LogP contribution in [0.5, 0.6) is 0 Å². The summed E-state index contributed by atoms with van der Waals surface area (Å²) in [6.07, 6.45) is 0. The topological polar surface area (TPSA) is 51.8 Å². The molecule has 1 heterocycles. The van der Waals surface area contributed by atoms with Crippen LogP contribution in [0.4, 0.5) is 5.69 Å². The lowest BCUT2D eigenvalue weighted by Crippen LogP contribution is -1.95. The van der Waals surface area contributed by atoms with Crippen molar-refractivity contribution in [3.8, 4) is 0 Å². The summed E-state index contributed by atoms with van der Waals surface area (Å²) in [7, 11) is 0. The van der Waals surface area contributed by atoms with Crippen LogP contribution in [0.15, 0.2) is 37.7 Å². The van der Waals surface area contributed by atoms with Crippen molar-refractivity contribution in [3.63, 3.8) is 0 Å². The molecule has 2 aromatic carbocycles. The summed E-state index contributed by atoms with van der Waals surface area (Å²) in [4.78, 5) is 9.17. The van der Waals surface area contributed by atoms with Crippen molar-refractivity contribution in [2.45, 2.75) is 0 Å². The van der Waals surface area contributed by atoms with Gasteiger partial charge in [-0.05, 0) is 56.1 Å². The molecular formula is C12H6Br3N3. The molecule has 90 valence electrons. The molecule has 0 saturated carbocycles. The van der Waals surface area contributed by atoms with E-state index in [2.05, 4.69) is 57.8 Å². The minimum absolute atomic E-state index is 0.602. The zero-order chi connectivity index (χ0) is 12.9. The Balaban J connectivity index is 2.52. The molecular weight excluding hydrogens is 426 g/mol. The van der Waals surface area contributed by atoms with Gasteiger partial charge in [0.1, 0.15) is 11.0 Å². The highest BCUT2D eigenvalue weighted by molar-refractivity contribution is 9.11. The number of anilines is 1. The Bertz CT molecular complexity index is 786. The van der Waals surface area contributed by atoms with Gasteiger partial charge in [-0.2, -0.15) is 0 Å². The summed E-state index contributed by atoms with van der Waals surface area (Å²) in [6, 6.07) is 7.68. The number of halogens is 3. The van der Waals surface area contributed by atoms with Crippen molar-refractivity contribution in [1.29, 1.82) is 0 Å². The lowest BCUT2D eigenvalue weighted by Gasteiger charge is -2.07. The number of nitrogen functional groups attached to an aromatic ring is 1. The van der Waals surface area contributed by atoms with Crippen molar-refractivity contribution in [2.75, 3.05) is 5.73 Å². The normalized spacial score (nSPS) is 11.3. The number of rotatable bonds is 0. The smallest absolute Gasteiger partial charge is 0.115 e. The maximum atomic E-state index is 6.03. The van der Waals surface area contributed by atoms with Gasteiger partial charge in [0.2, 0.25) is 0 Å². The van der Waals surface area contributed by atoms with Gasteiger partial charge in [-0.3, -0.25) is 0 Å². The molecule has 0 aliphatic heterocycles. The molecule has 1 aromatic heterocycles. The van der Waals surface area contributed by atoms with Crippen LogP contribution in [0.1, 0.15) is 0 Å². The molecule has 0 saturated heterocycles. The first-order valence-electron chi connectivity index (χ1n) is 5.07. The highest BCUT2D eigenvalue weighted by Gasteiger charge is 2.11. The van der Waals surface area contributed by atoms with Gasteiger partial charge in [0.25, 0.3) is 0 Å². The van der Waals surface area contributed by atoms with Gasteiger partial charge >= 0.3 is 0 Å². The number of hydrogen-bond donors (Lipinski definition) is 1. The van der Waals surface area contributed by atoms with E-state index in [4.69, 9.17) is 5.73 Å². The Morgan fingerprint density at radius 1 is 0.833 bits per heavy atom. The lowest BCUT2D eigenvalue weighted by atomic mass is 10.2. The number of aromatic nitrogens is 2. The Hall–Kier alpha value is -0.720. The van der Waals surface area contributed by atoms with Gasteiger partial charge < -0.3 is 5.73 Å². The average Bonchev–Trinajstić information content (AvgIpc) is 2.34. The molecule has 3 aromatic rings. The molecule has 0 radical (unpaired) electrons. The summed E-state index contributed by atoms with van der Waals surface area (Å²) >= 11 is 10.3. The molecule has 0 bridgehead atoms. The van der Waals surface area contributed by atoms with Crippen LogP contribution in [0.25, 0.3) is 22.1 Å². The van der Waals surface area contributed by atoms with Crippen molar-refractivity contribution in [1.82, 2.24) is 9.97 Å². The zero-order valence-electron chi connectivity index (χ0n) is 8.92. The molecule has 0 aliphatic rings. The van der Waals surface area contributed by atoms with Gasteiger partial charge in [-0.15, -0.1) is 0 Å². The maximum Gasteiger partial charge on any atom is 0.115 e. The largest absolute Gasteiger partial charge is 0.396 e. The molecule has 0 aliphatic carbocycles. The summed E-state index contributed by atoms with van der Waals surface area (Å²) < 4.78 is 2.66. The fraction of sp³-hybridized carbons (Fsp3) is 0. The molecule has 3 rings (SSSR count). The van der Waals surface area contributed by atoms with Crippen molar-refractivity contribution >= 4 is 75.5 Å². The third-order valence-electron chi connectivity index (χ3n) is 2.62. The number of nitrogens with two attached hydrogens (primary N) is 1. The van der Waals surface area contributed by atoms with E-state index in [0.717, 1.165) is 30.0 Å². The maximum absolute atomic E-state index is 6.03. The van der Waals surface area contributed by atoms with Crippen LogP contribution in [0.3, 0.4) is 0 Å². The first kappa shape index (κ1) is 12.3. The molecule has 3 nitrogen and oxygen atoms in total. The van der Waals surface area contributed by atoms with E-state index in [1.807, 2.05) is 24.3 Å². The molecule has 18 heavy (non-hydrogen) atoms. The monoisotopic (exact) mass is 429 g/mol. The Kier molecular flexibility index (Phi) is 3.03. The van der Waals surface area contributed by atoms with Gasteiger partial charge in [0.15, 0.2) is 0 Å². The van der Waals surface area contributed by atoms with Crippen LogP contribution in [0.2, 0.25) is 0 Å². The Labute approximate surface area is 128 Å². The Morgan fingerprint density at radius 3 is 2.33 bits per heavy atom. The third kappa shape index (κ3) is 1.92. The van der Waals surface area contributed by atoms with E-state index >= 15 is 0 Å². The molecule has 0 fully saturated rings. The van der Waals surface area contributed by atoms with E-state index in [1.54, 1.807) is 0 Å². The summed E-state index contributed by atoms with van der Waals surface area (Å²) in [5.74, 6) is 0. The summed E-state index contributed by atoms with van der Waals surface area (Å²) in [5.41, 5.74) is 9.75. The second-order valence-corrected chi connectivity index (χ2v) is 6.43. The van der Waals surface area contributed by atoms with Crippen LogP contribution >= 0.6 is 47.8 Å². The van der Waals surface area contributed by atoms with E-state index in [1.165, 1.54) is 0 Å². The molecule has 6 heteroatoms. The van der Waals surface area contributed by atoms with E-state index in [0.29, 0.717) is 11.2 Å². The minimum Gasteiger partial charge on any atom is -0.396 e. The quantitative estimate of drug-likeness (QED) is 0.416. The van der Waals surface area contributed by atoms with Crippen molar-refractivity contribution in [2.24, 2.45) is 0 Å². The minimum atomic E-state index is 0.602. The highest BCUT2D eigenvalue weighted by Crippen LogP contribution is 2.34. The van der Waals surface area contributed by atoms with Crippen LogP contribution in [-0.2, 0) is 0 Å². The predicted octanol–water partition coefficient (Wildman–Crippen LogP) is 4.65. The predicted molar refractivity (Wildman–Crippen MR) is 84.6 cm³/mol. The highest BCUT2D eigenvalue weighted by atomic mass is 79.9. The average molecular weight is 432 g/mol. The van der Waals surface area contributed by atoms with Crippen LogP contribution in [-0.4, -0.2) is 9.97 Å². The van der Waals surface area contributed by atoms with Crippen molar-refractivity contribution < 1.29 is 0 Å². The molecule has 0 amide bonds. The number of hydrogen-bond acceptors (Lipinski definition) is 3. The molecule has 0 spiro atoms. The van der Waals surface area contributed by atoms with E-state index in [-0.39, 0.29) is 0 Å². The molecule has 0 atom stereocenters. The zero-order valence-corrected chi connectivity index (χ0v) is 13.7.